The Kier molecular flexibility index (Phi) is 1.09. The first-order valence-corrected chi connectivity index (χ1v) is 3.30. The highest BCUT2D eigenvalue weighted by Crippen LogP contribution is 2.22. The van der Waals surface area contributed by atoms with E-state index in [0.29, 0.717) is 12.2 Å². The fraction of sp³-hybridized carbons (Fsp3) is 0.143. The van der Waals surface area contributed by atoms with Crippen molar-refractivity contribution in [2.45, 2.75) is 6.42 Å². The van der Waals surface area contributed by atoms with Gasteiger partial charge in [-0.15, -0.1) is 0 Å². The van der Waals surface area contributed by atoms with Crippen molar-refractivity contribution in [3.8, 4) is 0 Å². The molecule has 2 heterocycles. The summed E-state index contributed by atoms with van der Waals surface area (Å²) >= 11 is 0. The lowest BCUT2D eigenvalue weighted by molar-refractivity contribution is -0.115. The molecule has 0 saturated heterocycles. The molecule has 4 heteroatoms. The summed E-state index contributed by atoms with van der Waals surface area (Å²) in [4.78, 5) is 14.7. The van der Waals surface area contributed by atoms with Gasteiger partial charge in [-0.2, -0.15) is 0 Å². The number of nitrogen functional groups attached to an aromatic ring is 1. The van der Waals surface area contributed by atoms with Crippen LogP contribution in [0.2, 0.25) is 0 Å². The van der Waals surface area contributed by atoms with Gasteiger partial charge in [0.05, 0.1) is 18.3 Å². The predicted octanol–water partition coefficient (Wildman–Crippen LogP) is 0.158. The van der Waals surface area contributed by atoms with Gasteiger partial charge in [-0.25, -0.2) is 4.98 Å². The Bertz CT molecular complexity index is 321. The third-order valence-corrected chi connectivity index (χ3v) is 1.64. The van der Waals surface area contributed by atoms with E-state index in [1.54, 1.807) is 12.3 Å². The SMILES string of the molecule is Nc1cc2c(cn1)NC(=O)C2. The maximum atomic E-state index is 10.8. The van der Waals surface area contributed by atoms with Crippen molar-refractivity contribution in [2.75, 3.05) is 11.1 Å². The Balaban J connectivity index is 2.51. The molecule has 3 N–H and O–H groups in total. The quantitative estimate of drug-likeness (QED) is 0.552. The molecule has 56 valence electrons. The molecule has 0 aromatic carbocycles. The van der Waals surface area contributed by atoms with Gasteiger partial charge in [0.25, 0.3) is 0 Å². The van der Waals surface area contributed by atoms with E-state index in [1.807, 2.05) is 0 Å². The van der Waals surface area contributed by atoms with Crippen LogP contribution in [0.15, 0.2) is 12.3 Å². The number of anilines is 2. The van der Waals surface area contributed by atoms with E-state index < -0.39 is 0 Å². The number of nitrogens with one attached hydrogen (secondary N) is 1. The molecule has 1 aromatic heterocycles. The Morgan fingerprint density at radius 1 is 1.64 bits per heavy atom. The highest BCUT2D eigenvalue weighted by molar-refractivity contribution is 5.99. The van der Waals surface area contributed by atoms with Crippen molar-refractivity contribution in [1.82, 2.24) is 4.98 Å². The van der Waals surface area contributed by atoms with Crippen molar-refractivity contribution in [1.29, 1.82) is 0 Å². The van der Waals surface area contributed by atoms with E-state index in [4.69, 9.17) is 5.73 Å². The zero-order valence-corrected chi connectivity index (χ0v) is 5.79. The number of hydrogen-bond acceptors (Lipinski definition) is 3. The molecule has 0 unspecified atom stereocenters. The third kappa shape index (κ3) is 0.920. The van der Waals surface area contributed by atoms with Crippen LogP contribution >= 0.6 is 0 Å². The molecule has 1 aliphatic heterocycles. The molecule has 2 rings (SSSR count). The highest BCUT2D eigenvalue weighted by Gasteiger charge is 2.17. The normalized spacial score (nSPS) is 14.4. The summed E-state index contributed by atoms with van der Waals surface area (Å²) < 4.78 is 0. The van der Waals surface area contributed by atoms with Gasteiger partial charge in [-0.1, -0.05) is 0 Å². The van der Waals surface area contributed by atoms with E-state index in [2.05, 4.69) is 10.3 Å². The van der Waals surface area contributed by atoms with Crippen molar-refractivity contribution < 1.29 is 4.79 Å². The van der Waals surface area contributed by atoms with E-state index in [9.17, 15) is 4.79 Å². The Hall–Kier alpha value is -1.58. The number of rotatable bonds is 0. The molecule has 0 spiro atoms. The van der Waals surface area contributed by atoms with Crippen molar-refractivity contribution >= 4 is 17.4 Å². The number of amides is 1. The van der Waals surface area contributed by atoms with Crippen LogP contribution in [-0.4, -0.2) is 10.9 Å². The van der Waals surface area contributed by atoms with Crippen LogP contribution in [0.25, 0.3) is 0 Å². The van der Waals surface area contributed by atoms with Crippen LogP contribution in [-0.2, 0) is 11.2 Å². The zero-order valence-electron chi connectivity index (χ0n) is 5.79. The van der Waals surface area contributed by atoms with Crippen LogP contribution in [0.5, 0.6) is 0 Å². The first-order chi connectivity index (χ1) is 5.25. The molecule has 1 amide bonds. The van der Waals surface area contributed by atoms with Crippen molar-refractivity contribution in [2.24, 2.45) is 0 Å². The molecule has 0 atom stereocenters. The molecule has 1 aromatic rings. The molecule has 11 heavy (non-hydrogen) atoms. The van der Waals surface area contributed by atoms with Crippen LogP contribution in [0.1, 0.15) is 5.56 Å². The van der Waals surface area contributed by atoms with Crippen LogP contribution in [0.4, 0.5) is 11.5 Å². The Labute approximate surface area is 63.4 Å². The summed E-state index contributed by atoms with van der Waals surface area (Å²) in [6.45, 7) is 0. The van der Waals surface area contributed by atoms with Crippen molar-refractivity contribution in [3.05, 3.63) is 17.8 Å². The van der Waals surface area contributed by atoms with Crippen LogP contribution in [0.3, 0.4) is 0 Å². The molecule has 4 nitrogen and oxygen atoms in total. The average Bonchev–Trinajstić information content (AvgIpc) is 2.27. The molecule has 0 fully saturated rings. The Morgan fingerprint density at radius 2 is 2.45 bits per heavy atom. The number of nitrogens with two attached hydrogens (primary N) is 1. The molecule has 0 saturated carbocycles. The van der Waals surface area contributed by atoms with Crippen molar-refractivity contribution in [3.63, 3.8) is 0 Å². The Morgan fingerprint density at radius 3 is 3.27 bits per heavy atom. The summed E-state index contributed by atoms with van der Waals surface area (Å²) in [5.74, 6) is 0.465. The highest BCUT2D eigenvalue weighted by atomic mass is 16.1. The summed E-state index contributed by atoms with van der Waals surface area (Å²) in [5.41, 5.74) is 7.14. The summed E-state index contributed by atoms with van der Waals surface area (Å²) in [5, 5.41) is 2.67. The second-order valence-electron chi connectivity index (χ2n) is 2.49. The molecule has 0 aliphatic carbocycles. The number of fused-ring (bicyclic) bond motifs is 1. The number of carbonyl (C=O) groups is 1. The number of aromatic nitrogens is 1. The van der Waals surface area contributed by atoms with E-state index in [-0.39, 0.29) is 5.91 Å². The van der Waals surface area contributed by atoms with Gasteiger partial charge in [0.2, 0.25) is 5.91 Å². The molecular formula is C7H7N3O. The van der Waals surface area contributed by atoms with Gasteiger partial charge in [0.15, 0.2) is 0 Å². The molecule has 1 aliphatic rings. The monoisotopic (exact) mass is 149 g/mol. The summed E-state index contributed by atoms with van der Waals surface area (Å²) in [7, 11) is 0. The molecular weight excluding hydrogens is 142 g/mol. The van der Waals surface area contributed by atoms with Gasteiger partial charge in [-0.3, -0.25) is 4.79 Å². The minimum absolute atomic E-state index is 0.00685. The van der Waals surface area contributed by atoms with E-state index in [0.717, 1.165) is 11.3 Å². The minimum Gasteiger partial charge on any atom is -0.384 e. The van der Waals surface area contributed by atoms with Crippen LogP contribution < -0.4 is 11.1 Å². The lowest BCUT2D eigenvalue weighted by Crippen LogP contribution is -2.03. The second-order valence-corrected chi connectivity index (χ2v) is 2.49. The standard InChI is InChI=1S/C7H7N3O/c8-6-1-4-2-7(11)10-5(4)3-9-6/h1,3H,2H2,(H2,8,9)(H,10,11). The van der Waals surface area contributed by atoms with Gasteiger partial charge in [-0.05, 0) is 11.6 Å². The third-order valence-electron chi connectivity index (χ3n) is 1.64. The number of nitrogens with zero attached hydrogens (tertiary/aromatic N) is 1. The largest absolute Gasteiger partial charge is 0.384 e. The first kappa shape index (κ1) is 6.15. The lowest BCUT2D eigenvalue weighted by atomic mass is 10.2. The molecule has 0 bridgehead atoms. The van der Waals surface area contributed by atoms with Crippen LogP contribution in [0, 0.1) is 0 Å². The van der Waals surface area contributed by atoms with E-state index >= 15 is 0 Å². The summed E-state index contributed by atoms with van der Waals surface area (Å²) in [6.07, 6.45) is 2.00. The van der Waals surface area contributed by atoms with Gasteiger partial charge >= 0.3 is 0 Å². The maximum Gasteiger partial charge on any atom is 0.228 e. The van der Waals surface area contributed by atoms with Gasteiger partial charge in [0, 0.05) is 0 Å². The topological polar surface area (TPSA) is 68.0 Å². The average molecular weight is 149 g/mol. The zero-order chi connectivity index (χ0) is 7.84. The van der Waals surface area contributed by atoms with E-state index in [1.165, 1.54) is 0 Å². The lowest BCUT2D eigenvalue weighted by Gasteiger charge is -1.96. The number of pyridine rings is 1. The number of hydrogen-bond donors (Lipinski definition) is 2. The van der Waals surface area contributed by atoms with Gasteiger partial charge in [0.1, 0.15) is 5.82 Å². The fourth-order valence-corrected chi connectivity index (χ4v) is 1.14. The molecule has 0 radical (unpaired) electrons. The first-order valence-electron chi connectivity index (χ1n) is 3.30. The number of carbonyl (C=O) groups excluding carboxylic acids is 1. The second kappa shape index (κ2) is 1.95. The minimum atomic E-state index is 0.00685. The smallest absolute Gasteiger partial charge is 0.228 e. The predicted molar refractivity (Wildman–Crippen MR) is 41.0 cm³/mol. The summed E-state index contributed by atoms with van der Waals surface area (Å²) in [6, 6.07) is 1.72. The van der Waals surface area contributed by atoms with Gasteiger partial charge < -0.3 is 11.1 Å². The fourth-order valence-electron chi connectivity index (χ4n) is 1.14. The maximum absolute atomic E-state index is 10.8.